The Balaban J connectivity index is 0.979. The number of piperidine rings is 2. The first-order valence-corrected chi connectivity index (χ1v) is 16.1. The Morgan fingerprint density at radius 1 is 1.14 bits per heavy atom. The fourth-order valence-corrected chi connectivity index (χ4v) is 8.18. The van der Waals surface area contributed by atoms with Crippen molar-refractivity contribution in [3.63, 3.8) is 0 Å². The molecule has 1 aliphatic carbocycles. The Kier molecular flexibility index (Phi) is 7.07. The first-order chi connectivity index (χ1) is 21.0. The third kappa shape index (κ3) is 5.56. The number of carbonyl (C=O) groups is 1. The van der Waals surface area contributed by atoms with Crippen LogP contribution in [0.15, 0.2) is 42.0 Å². The van der Waals surface area contributed by atoms with E-state index >= 15 is 4.39 Å². The number of fused-ring (bicyclic) bond motifs is 3. The summed E-state index contributed by atoms with van der Waals surface area (Å²) in [6.45, 7) is 7.65. The van der Waals surface area contributed by atoms with E-state index < -0.39 is 18.9 Å². The van der Waals surface area contributed by atoms with Crippen LogP contribution in [-0.4, -0.2) is 71.4 Å². The molecule has 5 nitrogen and oxygen atoms in total. The number of hydrogen-bond acceptors (Lipinski definition) is 4. The van der Waals surface area contributed by atoms with Gasteiger partial charge in [-0.2, -0.15) is 0 Å². The zero-order chi connectivity index (χ0) is 30.7. The second kappa shape index (κ2) is 11.4. The van der Waals surface area contributed by atoms with Crippen LogP contribution >= 0.6 is 11.6 Å². The third-order valence-corrected chi connectivity index (χ3v) is 10.6. The maximum atomic E-state index is 15.3. The summed E-state index contributed by atoms with van der Waals surface area (Å²) >= 11 is 6.20. The summed E-state index contributed by atoms with van der Waals surface area (Å²) in [5.41, 5.74) is 6.56. The van der Waals surface area contributed by atoms with E-state index in [-0.39, 0.29) is 17.5 Å². The van der Waals surface area contributed by atoms with E-state index in [1.165, 1.54) is 24.0 Å². The molecule has 6 aliphatic rings. The molecule has 4 fully saturated rings. The van der Waals surface area contributed by atoms with E-state index in [9.17, 15) is 4.79 Å². The summed E-state index contributed by atoms with van der Waals surface area (Å²) in [5.74, 6) is -0.764. The van der Waals surface area contributed by atoms with E-state index in [0.29, 0.717) is 43.4 Å². The van der Waals surface area contributed by atoms with Gasteiger partial charge in [0.05, 0.1) is 5.56 Å². The quantitative estimate of drug-likeness (QED) is 0.398. The molecular weight excluding hydrogens is 547 g/mol. The lowest BCUT2D eigenvalue weighted by Gasteiger charge is -2.57. The zero-order valence-electron chi connectivity index (χ0n) is 26.8. The van der Waals surface area contributed by atoms with Crippen molar-refractivity contribution in [1.29, 1.82) is 0 Å². The molecular formula is C35H44ClFN4O. The lowest BCUT2D eigenvalue weighted by Crippen LogP contribution is -2.68. The molecule has 1 amide bonds. The Morgan fingerprint density at radius 2 is 1.93 bits per heavy atom. The van der Waals surface area contributed by atoms with Crippen LogP contribution in [0.3, 0.4) is 0 Å². The van der Waals surface area contributed by atoms with E-state index in [4.69, 9.17) is 14.3 Å². The van der Waals surface area contributed by atoms with Crippen LogP contribution < -0.4 is 5.32 Å². The van der Waals surface area contributed by atoms with Crippen molar-refractivity contribution in [1.82, 2.24) is 20.0 Å². The van der Waals surface area contributed by atoms with Crippen LogP contribution in [0.1, 0.15) is 88.6 Å². The van der Waals surface area contributed by atoms with Gasteiger partial charge in [-0.15, -0.1) is 0 Å². The topological polar surface area (TPSA) is 38.8 Å². The van der Waals surface area contributed by atoms with Crippen molar-refractivity contribution in [2.24, 2.45) is 5.41 Å². The smallest absolute Gasteiger partial charge is 0.257 e. The second-order valence-corrected chi connectivity index (χ2v) is 14.3. The van der Waals surface area contributed by atoms with Crippen molar-refractivity contribution >= 4 is 23.1 Å². The van der Waals surface area contributed by atoms with Crippen LogP contribution in [0.4, 0.5) is 4.39 Å². The SMILES string of the molecule is [2H]C1CCC(N2Cc3cc(CN4CC5CC(C4)N5CCC4=C(c5ccc(Cl)cc5)CC(C)(C)CC4)cc(F)c3C2=O)C([2H])N1. The van der Waals surface area contributed by atoms with Gasteiger partial charge in [-0.1, -0.05) is 49.2 Å². The number of nitrogens with one attached hydrogen (secondary N) is 1. The monoisotopic (exact) mass is 592 g/mol. The Morgan fingerprint density at radius 3 is 2.69 bits per heavy atom. The molecule has 8 rings (SSSR count). The summed E-state index contributed by atoms with van der Waals surface area (Å²) < 4.78 is 31.6. The minimum atomic E-state index is -0.722. The molecule has 0 radical (unpaired) electrons. The summed E-state index contributed by atoms with van der Waals surface area (Å²) in [6, 6.07) is 12.7. The molecule has 2 aromatic carbocycles. The van der Waals surface area contributed by atoms with Crippen molar-refractivity contribution in [2.75, 3.05) is 32.7 Å². The van der Waals surface area contributed by atoms with Crippen molar-refractivity contribution in [2.45, 2.75) is 90.0 Å². The standard InChI is InChI=1S/C35H44ClFN4O/c1-35(2)11-9-25(31(17-35)24-5-7-27(36)8-6-24)10-13-40-29-16-30(40)22-39(21-29)19-23-14-26-20-41(28-4-3-12-38-18-28)34(42)33(26)32(37)15-23/h5-8,14-15,28-30,38H,3-4,9-13,16-22H2,1-2H3/i12D,18D. The van der Waals surface area contributed by atoms with Gasteiger partial charge in [0.2, 0.25) is 0 Å². The molecule has 42 heavy (non-hydrogen) atoms. The molecule has 0 spiro atoms. The summed E-state index contributed by atoms with van der Waals surface area (Å²) in [4.78, 5) is 19.9. The van der Waals surface area contributed by atoms with Gasteiger partial charge in [-0.3, -0.25) is 14.6 Å². The van der Waals surface area contributed by atoms with Gasteiger partial charge >= 0.3 is 0 Å². The van der Waals surface area contributed by atoms with Crippen LogP contribution in [0.2, 0.25) is 5.02 Å². The zero-order valence-corrected chi connectivity index (χ0v) is 25.6. The van der Waals surface area contributed by atoms with Gasteiger partial charge in [0.1, 0.15) is 5.82 Å². The lowest BCUT2D eigenvalue weighted by molar-refractivity contribution is -0.0707. The molecule has 224 valence electrons. The number of benzene rings is 2. The summed E-state index contributed by atoms with van der Waals surface area (Å²) in [7, 11) is 0. The molecule has 5 atom stereocenters. The molecule has 2 aromatic rings. The summed E-state index contributed by atoms with van der Waals surface area (Å²) in [6.07, 6.45) is 7.02. The number of hydrogen-bond donors (Lipinski definition) is 1. The number of nitrogens with zero attached hydrogens (tertiary/aromatic N) is 3. The average molecular weight is 593 g/mol. The van der Waals surface area contributed by atoms with Gasteiger partial charge in [0.25, 0.3) is 5.91 Å². The predicted molar refractivity (Wildman–Crippen MR) is 167 cm³/mol. The molecule has 0 saturated carbocycles. The first kappa shape index (κ1) is 26.2. The molecule has 2 bridgehead atoms. The largest absolute Gasteiger partial charge is 0.330 e. The molecule has 0 aromatic heterocycles. The number of halogens is 2. The van der Waals surface area contributed by atoms with Gasteiger partial charge in [0.15, 0.2) is 0 Å². The Hall–Kier alpha value is -2.25. The minimum absolute atomic E-state index is 0.167. The van der Waals surface area contributed by atoms with Crippen LogP contribution in [0, 0.1) is 11.2 Å². The maximum Gasteiger partial charge on any atom is 0.257 e. The van der Waals surface area contributed by atoms with E-state index in [1.54, 1.807) is 16.5 Å². The fourth-order valence-electron chi connectivity index (χ4n) is 8.05. The van der Waals surface area contributed by atoms with Crippen LogP contribution in [0.5, 0.6) is 0 Å². The molecule has 1 N–H and O–H groups in total. The van der Waals surface area contributed by atoms with Crippen molar-refractivity contribution in [3.8, 4) is 0 Å². The third-order valence-electron chi connectivity index (χ3n) is 10.3. The average Bonchev–Trinajstić information content (AvgIpc) is 3.30. The van der Waals surface area contributed by atoms with Crippen molar-refractivity contribution < 1.29 is 11.9 Å². The normalized spacial score (nSPS) is 32.0. The number of rotatable bonds is 7. The first-order valence-electron chi connectivity index (χ1n) is 16.9. The van der Waals surface area contributed by atoms with E-state index in [0.717, 1.165) is 55.0 Å². The number of amides is 1. The molecule has 5 heterocycles. The summed E-state index contributed by atoms with van der Waals surface area (Å²) in [5, 5.41) is 3.70. The van der Waals surface area contributed by atoms with Crippen LogP contribution in [-0.2, 0) is 13.1 Å². The van der Waals surface area contributed by atoms with Gasteiger partial charge < -0.3 is 10.2 Å². The molecule has 5 aliphatic heterocycles. The second-order valence-electron chi connectivity index (χ2n) is 13.9. The van der Waals surface area contributed by atoms with Gasteiger partial charge in [0, 0.05) is 65.1 Å². The Labute approximate surface area is 257 Å². The Bertz CT molecular complexity index is 1450. The van der Waals surface area contributed by atoms with Gasteiger partial charge in [-0.05, 0) is 97.3 Å². The fraction of sp³-hybridized carbons (Fsp3) is 0.571. The highest BCUT2D eigenvalue weighted by Gasteiger charge is 2.44. The van der Waals surface area contributed by atoms with Crippen LogP contribution in [0.25, 0.3) is 5.57 Å². The highest BCUT2D eigenvalue weighted by atomic mass is 35.5. The number of carbonyl (C=O) groups excluding carboxylic acids is 1. The van der Waals surface area contributed by atoms with Gasteiger partial charge in [-0.25, -0.2) is 4.39 Å². The highest BCUT2D eigenvalue weighted by molar-refractivity contribution is 6.30. The molecule has 7 heteroatoms. The van der Waals surface area contributed by atoms with E-state index in [2.05, 4.69) is 41.1 Å². The maximum absolute atomic E-state index is 15.3. The number of allylic oxidation sites excluding steroid dienone is 1. The molecule has 4 saturated heterocycles. The molecule has 5 unspecified atom stereocenters. The van der Waals surface area contributed by atoms with Crippen molar-refractivity contribution in [3.05, 3.63) is 75.1 Å². The highest BCUT2D eigenvalue weighted by Crippen LogP contribution is 2.45. The van der Waals surface area contributed by atoms with E-state index in [1.807, 2.05) is 18.2 Å². The number of piperazine rings is 1. The minimum Gasteiger partial charge on any atom is -0.330 e. The predicted octanol–water partition coefficient (Wildman–Crippen LogP) is 6.50. The lowest BCUT2D eigenvalue weighted by atomic mass is 9.72.